The van der Waals surface area contributed by atoms with Crippen molar-refractivity contribution in [1.29, 1.82) is 0 Å². The minimum atomic E-state index is -1.45. The van der Waals surface area contributed by atoms with Crippen LogP contribution in [0, 0.1) is 0 Å². The van der Waals surface area contributed by atoms with Gasteiger partial charge in [-0.3, -0.25) is 0 Å². The SMILES string of the molecule is NCCOCCOC1O[C@@H](CO)[C@@H](O)[C@H](OC(N)=O)[C@@H]1O. The zero-order valence-corrected chi connectivity index (χ0v) is 11.5. The third kappa shape index (κ3) is 5.36. The molecule has 0 aromatic carbocycles. The Morgan fingerprint density at radius 3 is 2.48 bits per heavy atom. The van der Waals surface area contributed by atoms with Gasteiger partial charge in [0.2, 0.25) is 0 Å². The number of nitrogens with two attached hydrogens (primary N) is 2. The first-order chi connectivity index (χ1) is 10.0. The lowest BCUT2D eigenvalue weighted by atomic mass is 9.99. The standard InChI is InChI=1S/C11H22N2O8/c12-1-2-18-3-4-19-10-8(16)9(21-11(13)17)7(15)6(5-14)20-10/h6-10,14-16H,1-5,12H2,(H2,13,17)/t6-,7+,8-,9-,10?/m0/s1. The molecule has 21 heavy (non-hydrogen) atoms. The number of aliphatic hydroxyl groups is 3. The van der Waals surface area contributed by atoms with Gasteiger partial charge in [-0.15, -0.1) is 0 Å². The molecule has 1 saturated heterocycles. The van der Waals surface area contributed by atoms with E-state index in [0.717, 1.165) is 0 Å². The average molecular weight is 310 g/mol. The Labute approximate surface area is 121 Å². The fourth-order valence-electron chi connectivity index (χ4n) is 1.87. The number of amides is 1. The van der Waals surface area contributed by atoms with E-state index in [4.69, 9.17) is 30.8 Å². The normalized spacial score (nSPS) is 32.9. The first-order valence-corrected chi connectivity index (χ1v) is 6.49. The van der Waals surface area contributed by atoms with E-state index in [1.165, 1.54) is 0 Å². The maximum atomic E-state index is 10.8. The van der Waals surface area contributed by atoms with Crippen molar-refractivity contribution < 1.29 is 39.1 Å². The van der Waals surface area contributed by atoms with E-state index in [9.17, 15) is 15.0 Å². The summed E-state index contributed by atoms with van der Waals surface area (Å²) in [7, 11) is 0. The molecule has 1 heterocycles. The van der Waals surface area contributed by atoms with Crippen LogP contribution >= 0.6 is 0 Å². The molecule has 1 rings (SSSR count). The highest BCUT2D eigenvalue weighted by molar-refractivity contribution is 5.65. The molecule has 10 nitrogen and oxygen atoms in total. The number of hydrogen-bond acceptors (Lipinski definition) is 9. The van der Waals surface area contributed by atoms with Gasteiger partial charge in [0, 0.05) is 6.54 Å². The Bertz CT molecular complexity index is 319. The van der Waals surface area contributed by atoms with Crippen molar-refractivity contribution in [1.82, 2.24) is 0 Å². The van der Waals surface area contributed by atoms with E-state index in [2.05, 4.69) is 4.74 Å². The number of primary amides is 1. The lowest BCUT2D eigenvalue weighted by Gasteiger charge is -2.40. The van der Waals surface area contributed by atoms with Gasteiger partial charge < -0.3 is 45.7 Å². The zero-order chi connectivity index (χ0) is 15.8. The summed E-state index contributed by atoms with van der Waals surface area (Å²) >= 11 is 0. The molecule has 0 aromatic rings. The molecular weight excluding hydrogens is 288 g/mol. The molecular formula is C11H22N2O8. The molecule has 124 valence electrons. The largest absolute Gasteiger partial charge is 0.441 e. The molecule has 0 bridgehead atoms. The van der Waals surface area contributed by atoms with Gasteiger partial charge in [-0.25, -0.2) is 4.79 Å². The molecule has 5 atom stereocenters. The molecule has 1 fully saturated rings. The highest BCUT2D eigenvalue weighted by Gasteiger charge is 2.47. The number of aliphatic hydroxyl groups excluding tert-OH is 3. The third-order valence-electron chi connectivity index (χ3n) is 2.85. The minimum absolute atomic E-state index is 0.0826. The average Bonchev–Trinajstić information content (AvgIpc) is 2.45. The van der Waals surface area contributed by atoms with Crippen LogP contribution < -0.4 is 11.5 Å². The molecule has 1 unspecified atom stereocenters. The molecule has 0 saturated carbocycles. The van der Waals surface area contributed by atoms with Crippen LogP contribution in [0.3, 0.4) is 0 Å². The predicted molar refractivity (Wildman–Crippen MR) is 68.0 cm³/mol. The van der Waals surface area contributed by atoms with Crippen molar-refractivity contribution in [3.8, 4) is 0 Å². The van der Waals surface area contributed by atoms with E-state index < -0.39 is 43.4 Å². The number of rotatable bonds is 8. The van der Waals surface area contributed by atoms with Crippen LogP contribution in [-0.4, -0.2) is 85.1 Å². The molecule has 0 spiro atoms. The van der Waals surface area contributed by atoms with Crippen LogP contribution in [0.15, 0.2) is 0 Å². The van der Waals surface area contributed by atoms with E-state index in [0.29, 0.717) is 13.2 Å². The summed E-state index contributed by atoms with van der Waals surface area (Å²) in [5.41, 5.74) is 10.1. The van der Waals surface area contributed by atoms with Gasteiger partial charge in [0.05, 0.1) is 26.4 Å². The Balaban J connectivity index is 2.55. The first kappa shape index (κ1) is 18.0. The van der Waals surface area contributed by atoms with Gasteiger partial charge in [0.15, 0.2) is 12.4 Å². The third-order valence-corrected chi connectivity index (χ3v) is 2.85. The van der Waals surface area contributed by atoms with Crippen LogP contribution in [0.1, 0.15) is 0 Å². The highest BCUT2D eigenvalue weighted by Crippen LogP contribution is 2.24. The predicted octanol–water partition coefficient (Wildman–Crippen LogP) is -3.12. The van der Waals surface area contributed by atoms with Crippen molar-refractivity contribution >= 4 is 6.09 Å². The van der Waals surface area contributed by atoms with Crippen molar-refractivity contribution in [2.45, 2.75) is 30.7 Å². The second kappa shape index (κ2) is 9.10. The first-order valence-electron chi connectivity index (χ1n) is 6.49. The zero-order valence-electron chi connectivity index (χ0n) is 11.5. The summed E-state index contributed by atoms with van der Waals surface area (Å²) in [6.45, 7) is 0.492. The maximum Gasteiger partial charge on any atom is 0.404 e. The van der Waals surface area contributed by atoms with Gasteiger partial charge in [-0.05, 0) is 0 Å². The van der Waals surface area contributed by atoms with Crippen molar-refractivity contribution in [2.24, 2.45) is 11.5 Å². The highest BCUT2D eigenvalue weighted by atomic mass is 16.7. The number of ether oxygens (including phenoxy) is 4. The summed E-state index contributed by atoms with van der Waals surface area (Å²) in [6, 6.07) is 0. The summed E-state index contributed by atoms with van der Waals surface area (Å²) in [4.78, 5) is 10.8. The Morgan fingerprint density at radius 1 is 1.19 bits per heavy atom. The topological polar surface area (TPSA) is 167 Å². The lowest BCUT2D eigenvalue weighted by Crippen LogP contribution is -2.60. The van der Waals surface area contributed by atoms with Crippen LogP contribution in [0.4, 0.5) is 4.79 Å². The number of carbonyl (C=O) groups is 1. The van der Waals surface area contributed by atoms with E-state index in [-0.39, 0.29) is 13.2 Å². The number of carbonyl (C=O) groups excluding carboxylic acids is 1. The summed E-state index contributed by atoms with van der Waals surface area (Å²) in [5, 5.41) is 28.9. The van der Waals surface area contributed by atoms with Gasteiger partial charge in [0.25, 0.3) is 0 Å². The van der Waals surface area contributed by atoms with Crippen LogP contribution in [0.5, 0.6) is 0 Å². The van der Waals surface area contributed by atoms with Crippen molar-refractivity contribution in [3.63, 3.8) is 0 Å². The van der Waals surface area contributed by atoms with Crippen molar-refractivity contribution in [3.05, 3.63) is 0 Å². The fraction of sp³-hybridized carbons (Fsp3) is 0.909. The van der Waals surface area contributed by atoms with E-state index >= 15 is 0 Å². The van der Waals surface area contributed by atoms with Gasteiger partial charge in [0.1, 0.15) is 18.3 Å². The second-order valence-electron chi connectivity index (χ2n) is 4.38. The molecule has 1 amide bonds. The van der Waals surface area contributed by atoms with Crippen LogP contribution in [0.2, 0.25) is 0 Å². The van der Waals surface area contributed by atoms with Gasteiger partial charge >= 0.3 is 6.09 Å². The molecule has 10 heteroatoms. The fourth-order valence-corrected chi connectivity index (χ4v) is 1.87. The minimum Gasteiger partial charge on any atom is -0.441 e. The van der Waals surface area contributed by atoms with Gasteiger partial charge in [-0.2, -0.15) is 0 Å². The molecule has 0 aliphatic carbocycles. The molecule has 1 aliphatic heterocycles. The lowest BCUT2D eigenvalue weighted by molar-refractivity contribution is -0.301. The quantitative estimate of drug-likeness (QED) is 0.291. The smallest absolute Gasteiger partial charge is 0.404 e. The monoisotopic (exact) mass is 310 g/mol. The Morgan fingerprint density at radius 2 is 1.90 bits per heavy atom. The van der Waals surface area contributed by atoms with Gasteiger partial charge in [-0.1, -0.05) is 0 Å². The maximum absolute atomic E-state index is 10.8. The van der Waals surface area contributed by atoms with Crippen LogP contribution in [0.25, 0.3) is 0 Å². The van der Waals surface area contributed by atoms with E-state index in [1.54, 1.807) is 0 Å². The molecule has 0 radical (unpaired) electrons. The molecule has 0 aromatic heterocycles. The molecule has 1 aliphatic rings. The summed E-state index contributed by atoms with van der Waals surface area (Å²) in [6.07, 6.45) is -7.68. The Kier molecular flexibility index (Phi) is 7.82. The molecule has 7 N–H and O–H groups in total. The van der Waals surface area contributed by atoms with Crippen molar-refractivity contribution in [2.75, 3.05) is 33.0 Å². The van der Waals surface area contributed by atoms with Crippen LogP contribution in [-0.2, 0) is 18.9 Å². The second-order valence-corrected chi connectivity index (χ2v) is 4.38. The Hall–Kier alpha value is -1.01. The number of hydrogen-bond donors (Lipinski definition) is 5. The van der Waals surface area contributed by atoms with E-state index in [1.807, 2.05) is 0 Å². The summed E-state index contributed by atoms with van der Waals surface area (Å²) in [5.74, 6) is 0. The summed E-state index contributed by atoms with van der Waals surface area (Å²) < 4.78 is 20.2.